The van der Waals surface area contributed by atoms with Crippen LogP contribution in [0.4, 0.5) is 5.69 Å². The van der Waals surface area contributed by atoms with E-state index in [2.05, 4.69) is 6.92 Å². The van der Waals surface area contributed by atoms with Gasteiger partial charge in [0, 0.05) is 24.7 Å². The molecule has 0 aliphatic rings. The lowest BCUT2D eigenvalue weighted by atomic mass is 10.0. The van der Waals surface area contributed by atoms with Gasteiger partial charge in [-0.25, -0.2) is 0 Å². The number of amides is 1. The Labute approximate surface area is 110 Å². The Morgan fingerprint density at radius 2 is 1.89 bits per heavy atom. The van der Waals surface area contributed by atoms with Crippen molar-refractivity contribution in [1.29, 1.82) is 0 Å². The second-order valence-corrected chi connectivity index (χ2v) is 4.64. The molecule has 1 unspecified atom stereocenters. The van der Waals surface area contributed by atoms with Crippen molar-refractivity contribution in [3.63, 3.8) is 0 Å². The Hall–Kier alpha value is -1.35. The lowest BCUT2D eigenvalue weighted by Crippen LogP contribution is -2.35. The number of carbonyl (C=O) groups is 1. The summed E-state index contributed by atoms with van der Waals surface area (Å²) in [4.78, 5) is 14.2. The molecule has 0 heterocycles. The number of hydrogen-bond donors (Lipinski definition) is 1. The third-order valence-corrected chi connectivity index (χ3v) is 3.21. The quantitative estimate of drug-likeness (QED) is 0.841. The van der Waals surface area contributed by atoms with E-state index >= 15 is 0 Å². The molecule has 1 aromatic carbocycles. The zero-order chi connectivity index (χ0) is 13.5. The van der Waals surface area contributed by atoms with E-state index in [9.17, 15) is 4.79 Å². The van der Waals surface area contributed by atoms with Gasteiger partial charge in [0.15, 0.2) is 0 Å². The molecule has 1 atom stereocenters. The van der Waals surface area contributed by atoms with E-state index in [1.807, 2.05) is 43.0 Å². The monoisotopic (exact) mass is 248 g/mol. The van der Waals surface area contributed by atoms with Crippen molar-refractivity contribution in [3.8, 4) is 0 Å². The summed E-state index contributed by atoms with van der Waals surface area (Å²) < 4.78 is 0. The number of hydrogen-bond acceptors (Lipinski definition) is 2. The maximum absolute atomic E-state index is 12.3. The van der Waals surface area contributed by atoms with Gasteiger partial charge in [-0.2, -0.15) is 0 Å². The SMILES string of the molecule is CCCC(C)C(=O)N(CC)c1ccc(CN)cc1. The predicted octanol–water partition coefficient (Wildman–Crippen LogP) is 2.93. The average Bonchev–Trinajstić information content (AvgIpc) is 2.40. The molecule has 1 aromatic rings. The molecule has 0 aliphatic heterocycles. The molecule has 0 saturated carbocycles. The molecule has 0 saturated heterocycles. The third kappa shape index (κ3) is 3.57. The normalized spacial score (nSPS) is 12.2. The van der Waals surface area contributed by atoms with Crippen LogP contribution in [0.5, 0.6) is 0 Å². The summed E-state index contributed by atoms with van der Waals surface area (Å²) in [6.07, 6.45) is 1.98. The van der Waals surface area contributed by atoms with Crippen molar-refractivity contribution in [2.75, 3.05) is 11.4 Å². The summed E-state index contributed by atoms with van der Waals surface area (Å²) in [5.74, 6) is 0.295. The van der Waals surface area contributed by atoms with Crippen LogP contribution < -0.4 is 10.6 Å². The van der Waals surface area contributed by atoms with Crippen LogP contribution in [0.3, 0.4) is 0 Å². The van der Waals surface area contributed by atoms with E-state index in [1.54, 1.807) is 0 Å². The van der Waals surface area contributed by atoms with Gasteiger partial charge in [0.2, 0.25) is 5.91 Å². The van der Waals surface area contributed by atoms with Crippen LogP contribution in [-0.2, 0) is 11.3 Å². The Bertz CT molecular complexity index is 373. The number of benzene rings is 1. The predicted molar refractivity (Wildman–Crippen MR) is 76.4 cm³/mol. The number of nitrogens with zero attached hydrogens (tertiary/aromatic N) is 1. The minimum atomic E-state index is 0.0872. The summed E-state index contributed by atoms with van der Waals surface area (Å²) in [5, 5.41) is 0. The highest BCUT2D eigenvalue weighted by atomic mass is 16.2. The van der Waals surface area contributed by atoms with E-state index in [0.29, 0.717) is 13.1 Å². The molecular formula is C15H24N2O. The standard InChI is InChI=1S/C15H24N2O/c1-4-6-12(3)15(18)17(5-2)14-9-7-13(11-16)8-10-14/h7-10,12H,4-6,11,16H2,1-3H3. The van der Waals surface area contributed by atoms with Gasteiger partial charge in [0.1, 0.15) is 0 Å². The number of nitrogens with two attached hydrogens (primary N) is 1. The van der Waals surface area contributed by atoms with Crippen LogP contribution in [0.25, 0.3) is 0 Å². The molecule has 0 aliphatic carbocycles. The number of anilines is 1. The van der Waals surface area contributed by atoms with Crippen LogP contribution in [0.1, 0.15) is 39.2 Å². The minimum absolute atomic E-state index is 0.0872. The van der Waals surface area contributed by atoms with Crippen molar-refractivity contribution in [3.05, 3.63) is 29.8 Å². The first-order valence-corrected chi connectivity index (χ1v) is 6.74. The third-order valence-electron chi connectivity index (χ3n) is 3.21. The van der Waals surface area contributed by atoms with Crippen molar-refractivity contribution in [1.82, 2.24) is 0 Å². The first-order chi connectivity index (χ1) is 8.63. The summed E-state index contributed by atoms with van der Waals surface area (Å²) in [5.41, 5.74) is 7.62. The van der Waals surface area contributed by atoms with E-state index in [0.717, 1.165) is 24.1 Å². The van der Waals surface area contributed by atoms with Gasteiger partial charge in [-0.1, -0.05) is 32.4 Å². The Morgan fingerprint density at radius 1 is 1.28 bits per heavy atom. The number of carbonyl (C=O) groups excluding carboxylic acids is 1. The van der Waals surface area contributed by atoms with Crippen LogP contribution in [0.15, 0.2) is 24.3 Å². The summed E-state index contributed by atoms with van der Waals surface area (Å²) in [6, 6.07) is 7.91. The molecule has 0 spiro atoms. The van der Waals surface area contributed by atoms with E-state index < -0.39 is 0 Å². The van der Waals surface area contributed by atoms with Crippen LogP contribution in [0, 0.1) is 5.92 Å². The zero-order valence-corrected chi connectivity index (χ0v) is 11.6. The van der Waals surface area contributed by atoms with E-state index in [4.69, 9.17) is 5.73 Å². The maximum Gasteiger partial charge on any atom is 0.229 e. The second-order valence-electron chi connectivity index (χ2n) is 4.64. The molecular weight excluding hydrogens is 224 g/mol. The Kier molecular flexibility index (Phi) is 5.86. The fraction of sp³-hybridized carbons (Fsp3) is 0.533. The van der Waals surface area contributed by atoms with Gasteiger partial charge in [-0.3, -0.25) is 4.79 Å². The van der Waals surface area contributed by atoms with Gasteiger partial charge in [-0.15, -0.1) is 0 Å². The van der Waals surface area contributed by atoms with Crippen LogP contribution >= 0.6 is 0 Å². The summed E-state index contributed by atoms with van der Waals surface area (Å²) in [7, 11) is 0. The molecule has 3 heteroatoms. The minimum Gasteiger partial charge on any atom is -0.326 e. The van der Waals surface area contributed by atoms with Crippen LogP contribution in [-0.4, -0.2) is 12.5 Å². The lowest BCUT2D eigenvalue weighted by molar-refractivity contribution is -0.122. The smallest absolute Gasteiger partial charge is 0.229 e. The maximum atomic E-state index is 12.3. The molecule has 0 fully saturated rings. The second kappa shape index (κ2) is 7.17. The molecule has 2 N–H and O–H groups in total. The molecule has 1 amide bonds. The molecule has 3 nitrogen and oxygen atoms in total. The molecule has 100 valence electrons. The van der Waals surface area contributed by atoms with Gasteiger partial charge in [0.25, 0.3) is 0 Å². The molecule has 0 aromatic heterocycles. The lowest BCUT2D eigenvalue weighted by Gasteiger charge is -2.24. The van der Waals surface area contributed by atoms with Gasteiger partial charge in [0.05, 0.1) is 0 Å². The van der Waals surface area contributed by atoms with Crippen molar-refractivity contribution in [2.24, 2.45) is 11.7 Å². The Morgan fingerprint density at radius 3 is 2.33 bits per heavy atom. The van der Waals surface area contributed by atoms with Crippen molar-refractivity contribution >= 4 is 11.6 Å². The fourth-order valence-electron chi connectivity index (χ4n) is 2.10. The van der Waals surface area contributed by atoms with Crippen molar-refractivity contribution < 1.29 is 4.79 Å². The van der Waals surface area contributed by atoms with Crippen molar-refractivity contribution in [2.45, 2.75) is 40.2 Å². The highest BCUT2D eigenvalue weighted by Gasteiger charge is 2.19. The Balaban J connectivity index is 2.84. The first kappa shape index (κ1) is 14.7. The van der Waals surface area contributed by atoms with Gasteiger partial charge >= 0.3 is 0 Å². The highest BCUT2D eigenvalue weighted by Crippen LogP contribution is 2.19. The molecule has 18 heavy (non-hydrogen) atoms. The fourth-order valence-corrected chi connectivity index (χ4v) is 2.10. The summed E-state index contributed by atoms with van der Waals surface area (Å²) in [6.45, 7) is 7.35. The largest absolute Gasteiger partial charge is 0.326 e. The zero-order valence-electron chi connectivity index (χ0n) is 11.6. The summed E-state index contributed by atoms with van der Waals surface area (Å²) >= 11 is 0. The number of rotatable bonds is 6. The van der Waals surface area contributed by atoms with Gasteiger partial charge in [-0.05, 0) is 31.0 Å². The topological polar surface area (TPSA) is 46.3 Å². The van der Waals surface area contributed by atoms with Crippen LogP contribution in [0.2, 0.25) is 0 Å². The van der Waals surface area contributed by atoms with E-state index in [-0.39, 0.29) is 11.8 Å². The highest BCUT2D eigenvalue weighted by molar-refractivity contribution is 5.94. The first-order valence-electron chi connectivity index (χ1n) is 6.74. The van der Waals surface area contributed by atoms with Gasteiger partial charge < -0.3 is 10.6 Å². The molecule has 0 bridgehead atoms. The molecule has 1 rings (SSSR count). The van der Waals surface area contributed by atoms with E-state index in [1.165, 1.54) is 0 Å². The molecule has 0 radical (unpaired) electrons. The average molecular weight is 248 g/mol.